The zero-order valence-electron chi connectivity index (χ0n) is 12.0. The van der Waals surface area contributed by atoms with Crippen LogP contribution in [0.5, 0.6) is 0 Å². The fourth-order valence-corrected chi connectivity index (χ4v) is 2.37. The van der Waals surface area contributed by atoms with Gasteiger partial charge in [0.15, 0.2) is 5.82 Å². The SMILES string of the molecule is O=c1c2ccncc2ncn1Cc1nc(-c2ccccc2)n[nH]1. The maximum absolute atomic E-state index is 12.4. The first-order valence-corrected chi connectivity index (χ1v) is 7.07. The first-order chi connectivity index (χ1) is 11.3. The van der Waals surface area contributed by atoms with Crippen molar-refractivity contribution < 1.29 is 0 Å². The fourth-order valence-electron chi connectivity index (χ4n) is 2.37. The van der Waals surface area contributed by atoms with E-state index in [2.05, 4.69) is 25.1 Å². The zero-order chi connectivity index (χ0) is 15.6. The minimum absolute atomic E-state index is 0.130. The Labute approximate surface area is 130 Å². The summed E-state index contributed by atoms with van der Waals surface area (Å²) in [6.07, 6.45) is 4.65. The molecule has 112 valence electrons. The van der Waals surface area contributed by atoms with Crippen LogP contribution in [0, 0.1) is 0 Å². The molecular formula is C16H12N6O. The average molecular weight is 304 g/mol. The third kappa shape index (κ3) is 2.48. The first-order valence-electron chi connectivity index (χ1n) is 7.07. The van der Waals surface area contributed by atoms with E-state index in [4.69, 9.17) is 0 Å². The van der Waals surface area contributed by atoms with E-state index >= 15 is 0 Å². The highest BCUT2D eigenvalue weighted by Crippen LogP contribution is 2.13. The van der Waals surface area contributed by atoms with Crippen molar-refractivity contribution in [3.05, 3.63) is 71.3 Å². The quantitative estimate of drug-likeness (QED) is 0.621. The number of rotatable bonds is 3. The van der Waals surface area contributed by atoms with Gasteiger partial charge in [-0.1, -0.05) is 30.3 Å². The van der Waals surface area contributed by atoms with Crippen LogP contribution in [0.4, 0.5) is 0 Å². The van der Waals surface area contributed by atoms with Crippen molar-refractivity contribution in [1.82, 2.24) is 29.7 Å². The number of aromatic nitrogens is 6. The number of aromatic amines is 1. The molecule has 0 atom stereocenters. The molecule has 3 heterocycles. The van der Waals surface area contributed by atoms with Crippen molar-refractivity contribution in [2.75, 3.05) is 0 Å². The van der Waals surface area contributed by atoms with Gasteiger partial charge in [-0.2, -0.15) is 5.10 Å². The Balaban J connectivity index is 1.68. The number of fused-ring (bicyclic) bond motifs is 1. The Morgan fingerprint density at radius 1 is 1.13 bits per heavy atom. The number of nitrogens with zero attached hydrogens (tertiary/aromatic N) is 5. The maximum Gasteiger partial charge on any atom is 0.261 e. The summed E-state index contributed by atoms with van der Waals surface area (Å²) < 4.78 is 1.50. The Morgan fingerprint density at radius 3 is 2.87 bits per heavy atom. The third-order valence-corrected chi connectivity index (χ3v) is 3.51. The predicted octanol–water partition coefficient (Wildman–Crippen LogP) is 1.62. The molecule has 0 aliphatic heterocycles. The highest BCUT2D eigenvalue weighted by Gasteiger charge is 2.08. The van der Waals surface area contributed by atoms with Crippen molar-refractivity contribution in [3.8, 4) is 11.4 Å². The smallest absolute Gasteiger partial charge is 0.261 e. The fraction of sp³-hybridized carbons (Fsp3) is 0.0625. The number of benzene rings is 1. The van der Waals surface area contributed by atoms with E-state index in [0.29, 0.717) is 22.6 Å². The highest BCUT2D eigenvalue weighted by atomic mass is 16.1. The van der Waals surface area contributed by atoms with Crippen molar-refractivity contribution >= 4 is 10.9 Å². The molecular weight excluding hydrogens is 292 g/mol. The zero-order valence-corrected chi connectivity index (χ0v) is 12.0. The van der Waals surface area contributed by atoms with Gasteiger partial charge < -0.3 is 0 Å². The van der Waals surface area contributed by atoms with Gasteiger partial charge in [-0.15, -0.1) is 0 Å². The molecule has 4 rings (SSSR count). The van der Waals surface area contributed by atoms with Crippen molar-refractivity contribution in [3.63, 3.8) is 0 Å². The standard InChI is InChI=1S/C16H12N6O/c23-16-12-6-7-17-8-13(12)18-10-22(16)9-14-19-15(21-20-14)11-4-2-1-3-5-11/h1-8,10H,9H2,(H,19,20,21). The lowest BCUT2D eigenvalue weighted by Crippen LogP contribution is -2.21. The largest absolute Gasteiger partial charge is 0.291 e. The van der Waals surface area contributed by atoms with Crippen molar-refractivity contribution in [2.45, 2.75) is 6.54 Å². The van der Waals surface area contributed by atoms with E-state index in [-0.39, 0.29) is 12.1 Å². The molecule has 7 heteroatoms. The molecule has 0 fully saturated rings. The van der Waals surface area contributed by atoms with Gasteiger partial charge in [0.05, 0.1) is 30.0 Å². The van der Waals surface area contributed by atoms with Crippen LogP contribution >= 0.6 is 0 Å². The molecule has 3 aromatic heterocycles. The summed E-state index contributed by atoms with van der Waals surface area (Å²) in [5.74, 6) is 1.20. The molecule has 0 spiro atoms. The number of hydrogen-bond acceptors (Lipinski definition) is 5. The Bertz CT molecular complexity index is 1020. The van der Waals surface area contributed by atoms with Gasteiger partial charge in [0, 0.05) is 11.8 Å². The van der Waals surface area contributed by atoms with Gasteiger partial charge in [0.2, 0.25) is 0 Å². The summed E-state index contributed by atoms with van der Waals surface area (Å²) in [5.41, 5.74) is 1.37. The second-order valence-corrected chi connectivity index (χ2v) is 5.04. The summed E-state index contributed by atoms with van der Waals surface area (Å²) in [5, 5.41) is 7.59. The monoisotopic (exact) mass is 304 g/mol. The van der Waals surface area contributed by atoms with Crippen LogP contribution in [0.25, 0.3) is 22.3 Å². The third-order valence-electron chi connectivity index (χ3n) is 3.51. The van der Waals surface area contributed by atoms with Crippen molar-refractivity contribution in [1.29, 1.82) is 0 Å². The van der Waals surface area contributed by atoms with Crippen LogP contribution < -0.4 is 5.56 Å². The molecule has 7 nitrogen and oxygen atoms in total. The lowest BCUT2D eigenvalue weighted by atomic mass is 10.2. The van der Waals surface area contributed by atoms with E-state index in [1.54, 1.807) is 18.5 Å². The Hall–Kier alpha value is -3.35. The van der Waals surface area contributed by atoms with E-state index in [1.165, 1.54) is 10.9 Å². The number of pyridine rings is 1. The molecule has 0 unspecified atom stereocenters. The molecule has 0 radical (unpaired) electrons. The van der Waals surface area contributed by atoms with Crippen LogP contribution in [0.2, 0.25) is 0 Å². The second kappa shape index (κ2) is 5.45. The maximum atomic E-state index is 12.4. The summed E-state index contributed by atoms with van der Waals surface area (Å²) in [4.78, 5) is 25.1. The molecule has 0 aliphatic carbocycles. The lowest BCUT2D eigenvalue weighted by Gasteiger charge is -2.03. The molecule has 23 heavy (non-hydrogen) atoms. The topological polar surface area (TPSA) is 89.3 Å². The van der Waals surface area contributed by atoms with Gasteiger partial charge >= 0.3 is 0 Å². The number of H-pyrrole nitrogens is 1. The van der Waals surface area contributed by atoms with E-state index in [1.807, 2.05) is 30.3 Å². The molecule has 0 saturated heterocycles. The normalized spacial score (nSPS) is 11.0. The van der Waals surface area contributed by atoms with Crippen LogP contribution in [0.1, 0.15) is 5.82 Å². The summed E-state index contributed by atoms with van der Waals surface area (Å²) in [6.45, 7) is 0.282. The predicted molar refractivity (Wildman–Crippen MR) is 84.7 cm³/mol. The molecule has 4 aromatic rings. The molecule has 1 N–H and O–H groups in total. The molecule has 0 aliphatic rings. The van der Waals surface area contributed by atoms with E-state index in [0.717, 1.165) is 5.56 Å². The summed E-state index contributed by atoms with van der Waals surface area (Å²) in [6, 6.07) is 11.3. The van der Waals surface area contributed by atoms with E-state index < -0.39 is 0 Å². The van der Waals surface area contributed by atoms with Crippen LogP contribution in [0.15, 0.2) is 59.9 Å². The average Bonchev–Trinajstić information content (AvgIpc) is 3.07. The second-order valence-electron chi connectivity index (χ2n) is 5.04. The van der Waals surface area contributed by atoms with Crippen LogP contribution in [-0.2, 0) is 6.54 Å². The summed E-state index contributed by atoms with van der Waals surface area (Å²) in [7, 11) is 0. The summed E-state index contributed by atoms with van der Waals surface area (Å²) >= 11 is 0. The Kier molecular flexibility index (Phi) is 3.16. The molecule has 1 aromatic carbocycles. The minimum Gasteiger partial charge on any atom is -0.291 e. The van der Waals surface area contributed by atoms with Gasteiger partial charge in [0.1, 0.15) is 5.82 Å². The van der Waals surface area contributed by atoms with Gasteiger partial charge in [-0.3, -0.25) is 19.4 Å². The number of hydrogen-bond donors (Lipinski definition) is 1. The highest BCUT2D eigenvalue weighted by molar-refractivity contribution is 5.75. The lowest BCUT2D eigenvalue weighted by molar-refractivity contribution is 0.709. The van der Waals surface area contributed by atoms with Crippen LogP contribution in [-0.4, -0.2) is 29.7 Å². The molecule has 0 saturated carbocycles. The van der Waals surface area contributed by atoms with Gasteiger partial charge in [0.25, 0.3) is 5.56 Å². The van der Waals surface area contributed by atoms with Crippen LogP contribution in [0.3, 0.4) is 0 Å². The first kappa shape index (κ1) is 13.3. The molecule has 0 bridgehead atoms. The van der Waals surface area contributed by atoms with Gasteiger partial charge in [-0.05, 0) is 6.07 Å². The Morgan fingerprint density at radius 2 is 2.00 bits per heavy atom. The molecule has 0 amide bonds. The van der Waals surface area contributed by atoms with Crippen molar-refractivity contribution in [2.24, 2.45) is 0 Å². The van der Waals surface area contributed by atoms with E-state index in [9.17, 15) is 4.79 Å². The number of nitrogens with one attached hydrogen (secondary N) is 1. The minimum atomic E-state index is -0.130. The van der Waals surface area contributed by atoms with Gasteiger partial charge in [-0.25, -0.2) is 9.97 Å².